The summed E-state index contributed by atoms with van der Waals surface area (Å²) in [6.07, 6.45) is -0.512. The van der Waals surface area contributed by atoms with Gasteiger partial charge in [0.05, 0.1) is 0 Å². The monoisotopic (exact) mass is 278 g/mol. The molecule has 112 valence electrons. The maximum absolute atomic E-state index is 11.9. The molecule has 0 fully saturated rings. The number of rotatable bonds is 6. The van der Waals surface area contributed by atoms with Crippen molar-refractivity contribution >= 4 is 5.91 Å². The van der Waals surface area contributed by atoms with Crippen LogP contribution < -0.4 is 15.4 Å². The van der Waals surface area contributed by atoms with Crippen LogP contribution >= 0.6 is 0 Å². The van der Waals surface area contributed by atoms with Crippen molar-refractivity contribution in [3.63, 3.8) is 0 Å². The number of amides is 1. The molecule has 0 aliphatic carbocycles. The third-order valence-electron chi connectivity index (χ3n) is 3.17. The van der Waals surface area contributed by atoms with Crippen molar-refractivity contribution in [3.8, 4) is 5.75 Å². The fourth-order valence-corrected chi connectivity index (χ4v) is 1.90. The number of carbonyl (C=O) groups is 1. The van der Waals surface area contributed by atoms with Crippen LogP contribution in [0.1, 0.15) is 44.9 Å². The Balaban J connectivity index is 2.90. The minimum atomic E-state index is -0.512. The van der Waals surface area contributed by atoms with E-state index in [9.17, 15) is 4.79 Å². The van der Waals surface area contributed by atoms with E-state index in [1.807, 2.05) is 40.0 Å². The molecule has 1 amide bonds. The van der Waals surface area contributed by atoms with Gasteiger partial charge in [-0.1, -0.05) is 12.1 Å². The van der Waals surface area contributed by atoms with E-state index < -0.39 is 6.10 Å². The summed E-state index contributed by atoms with van der Waals surface area (Å²) in [5.74, 6) is 0.669. The van der Waals surface area contributed by atoms with Gasteiger partial charge in [0.25, 0.3) is 5.91 Å². The van der Waals surface area contributed by atoms with Gasteiger partial charge in [-0.3, -0.25) is 4.79 Å². The van der Waals surface area contributed by atoms with E-state index in [1.165, 1.54) is 0 Å². The van der Waals surface area contributed by atoms with Gasteiger partial charge in [-0.25, -0.2) is 0 Å². The molecule has 4 heteroatoms. The van der Waals surface area contributed by atoms with Crippen molar-refractivity contribution < 1.29 is 9.53 Å². The van der Waals surface area contributed by atoms with Crippen LogP contribution in [0.2, 0.25) is 0 Å². The smallest absolute Gasteiger partial charge is 0.260 e. The second-order valence-corrected chi connectivity index (χ2v) is 5.48. The Morgan fingerprint density at radius 1 is 1.20 bits per heavy atom. The molecule has 1 aromatic rings. The molecule has 1 aromatic carbocycles. The van der Waals surface area contributed by atoms with E-state index in [-0.39, 0.29) is 18.0 Å². The highest BCUT2D eigenvalue weighted by Gasteiger charge is 2.18. The van der Waals surface area contributed by atoms with Gasteiger partial charge in [0.15, 0.2) is 6.10 Å². The standard InChI is InChI=1S/C16H26N2O2/c1-10(2)18-16(19)13(5)20-15-9-11(3)7-8-14(15)12(4)17-6/h7-10,12-13,17H,1-6H3,(H,18,19). The number of benzene rings is 1. The molecule has 2 N–H and O–H groups in total. The summed E-state index contributed by atoms with van der Waals surface area (Å²) >= 11 is 0. The van der Waals surface area contributed by atoms with Gasteiger partial charge in [-0.15, -0.1) is 0 Å². The van der Waals surface area contributed by atoms with E-state index in [2.05, 4.69) is 23.6 Å². The Morgan fingerprint density at radius 2 is 1.85 bits per heavy atom. The third-order valence-corrected chi connectivity index (χ3v) is 3.17. The van der Waals surface area contributed by atoms with Gasteiger partial charge in [0, 0.05) is 17.6 Å². The van der Waals surface area contributed by atoms with Gasteiger partial charge in [0.1, 0.15) is 5.75 Å². The average Bonchev–Trinajstić information content (AvgIpc) is 2.37. The van der Waals surface area contributed by atoms with Crippen molar-refractivity contribution in [1.82, 2.24) is 10.6 Å². The number of nitrogens with one attached hydrogen (secondary N) is 2. The zero-order valence-electron chi connectivity index (χ0n) is 13.3. The lowest BCUT2D eigenvalue weighted by Crippen LogP contribution is -2.40. The normalized spacial score (nSPS) is 13.9. The Labute approximate surface area is 121 Å². The number of hydrogen-bond donors (Lipinski definition) is 2. The Kier molecular flexibility index (Phi) is 6.02. The van der Waals surface area contributed by atoms with Gasteiger partial charge < -0.3 is 15.4 Å². The van der Waals surface area contributed by atoms with Crippen LogP contribution in [0.15, 0.2) is 18.2 Å². The van der Waals surface area contributed by atoms with Crippen molar-refractivity contribution in [1.29, 1.82) is 0 Å². The highest BCUT2D eigenvalue weighted by molar-refractivity contribution is 5.81. The second-order valence-electron chi connectivity index (χ2n) is 5.48. The maximum Gasteiger partial charge on any atom is 0.260 e. The molecule has 0 aromatic heterocycles. The van der Waals surface area contributed by atoms with Crippen LogP contribution in [0, 0.1) is 6.92 Å². The van der Waals surface area contributed by atoms with Crippen molar-refractivity contribution in [3.05, 3.63) is 29.3 Å². The van der Waals surface area contributed by atoms with E-state index in [0.717, 1.165) is 16.9 Å². The fourth-order valence-electron chi connectivity index (χ4n) is 1.90. The summed E-state index contributed by atoms with van der Waals surface area (Å²) in [5, 5.41) is 6.06. The van der Waals surface area contributed by atoms with Crippen molar-refractivity contribution in [2.75, 3.05) is 7.05 Å². The Morgan fingerprint density at radius 3 is 2.40 bits per heavy atom. The summed E-state index contributed by atoms with van der Waals surface area (Å²) in [6.45, 7) is 9.72. The molecule has 1 rings (SSSR count). The van der Waals surface area contributed by atoms with Crippen molar-refractivity contribution in [2.24, 2.45) is 0 Å². The molecule has 0 spiro atoms. The van der Waals surface area contributed by atoms with E-state index >= 15 is 0 Å². The topological polar surface area (TPSA) is 50.4 Å². The minimum absolute atomic E-state index is 0.0930. The first-order chi connectivity index (χ1) is 9.35. The average molecular weight is 278 g/mol. The molecule has 4 nitrogen and oxygen atoms in total. The first-order valence-corrected chi connectivity index (χ1v) is 7.10. The number of hydrogen-bond acceptors (Lipinski definition) is 3. The lowest BCUT2D eigenvalue weighted by molar-refractivity contribution is -0.127. The maximum atomic E-state index is 11.9. The first-order valence-electron chi connectivity index (χ1n) is 7.10. The molecular weight excluding hydrogens is 252 g/mol. The van der Waals surface area contributed by atoms with Crippen molar-refractivity contribution in [2.45, 2.75) is 52.8 Å². The Hall–Kier alpha value is -1.55. The molecule has 0 bridgehead atoms. The quantitative estimate of drug-likeness (QED) is 0.841. The third kappa shape index (κ3) is 4.53. The lowest BCUT2D eigenvalue weighted by Gasteiger charge is -2.21. The second kappa shape index (κ2) is 7.29. The largest absolute Gasteiger partial charge is 0.481 e. The van der Waals surface area contributed by atoms with Gasteiger partial charge in [0.2, 0.25) is 0 Å². The van der Waals surface area contributed by atoms with Crippen LogP contribution in [0.4, 0.5) is 0 Å². The van der Waals surface area contributed by atoms with Crippen LogP contribution in [-0.4, -0.2) is 25.1 Å². The molecule has 2 atom stereocenters. The number of carbonyl (C=O) groups excluding carboxylic acids is 1. The summed E-state index contributed by atoms with van der Waals surface area (Å²) in [6, 6.07) is 6.35. The fraction of sp³-hybridized carbons (Fsp3) is 0.562. The molecule has 20 heavy (non-hydrogen) atoms. The summed E-state index contributed by atoms with van der Waals surface area (Å²) < 4.78 is 5.86. The molecule has 0 heterocycles. The molecule has 0 radical (unpaired) electrons. The van der Waals surface area contributed by atoms with Gasteiger partial charge >= 0.3 is 0 Å². The van der Waals surface area contributed by atoms with E-state index in [4.69, 9.17) is 4.74 Å². The predicted molar refractivity (Wildman–Crippen MR) is 82.0 cm³/mol. The van der Waals surface area contributed by atoms with Crippen LogP contribution in [0.5, 0.6) is 5.75 Å². The van der Waals surface area contributed by atoms with E-state index in [1.54, 1.807) is 6.92 Å². The zero-order valence-corrected chi connectivity index (χ0v) is 13.3. The highest BCUT2D eigenvalue weighted by atomic mass is 16.5. The van der Waals surface area contributed by atoms with Gasteiger partial charge in [-0.05, 0) is 53.3 Å². The van der Waals surface area contributed by atoms with Crippen LogP contribution in [0.25, 0.3) is 0 Å². The number of aryl methyl sites for hydroxylation is 1. The lowest BCUT2D eigenvalue weighted by atomic mass is 10.1. The first kappa shape index (κ1) is 16.5. The summed E-state index contributed by atoms with van der Waals surface area (Å²) in [7, 11) is 1.91. The SMILES string of the molecule is CNC(C)c1ccc(C)cc1OC(C)C(=O)NC(C)C. The Bertz CT molecular complexity index is 458. The van der Waals surface area contributed by atoms with Gasteiger partial charge in [-0.2, -0.15) is 0 Å². The summed E-state index contributed by atoms with van der Waals surface area (Å²) in [5.41, 5.74) is 2.17. The molecule has 2 unspecified atom stereocenters. The van der Waals surface area contributed by atoms with Crippen LogP contribution in [0.3, 0.4) is 0 Å². The molecule has 0 saturated heterocycles. The van der Waals surface area contributed by atoms with Crippen LogP contribution in [-0.2, 0) is 4.79 Å². The molecule has 0 aliphatic heterocycles. The highest BCUT2D eigenvalue weighted by Crippen LogP contribution is 2.27. The number of ether oxygens (including phenoxy) is 1. The predicted octanol–water partition coefficient (Wildman–Crippen LogP) is 2.57. The van der Waals surface area contributed by atoms with E-state index in [0.29, 0.717) is 0 Å². The molecular formula is C16H26N2O2. The summed E-state index contributed by atoms with van der Waals surface area (Å²) in [4.78, 5) is 11.9. The zero-order chi connectivity index (χ0) is 15.3. The molecule has 0 saturated carbocycles. The minimum Gasteiger partial charge on any atom is -0.481 e. The molecule has 0 aliphatic rings.